The Morgan fingerprint density at radius 3 is 2.41 bits per heavy atom. The Kier molecular flexibility index (Phi) is 12.5. The normalized spacial score (nSPS) is 13.8. The van der Waals surface area contributed by atoms with E-state index in [4.69, 9.17) is 30.5 Å². The molecule has 2 aromatic carbocycles. The maximum Gasteiger partial charge on any atom is 0.408 e. The van der Waals surface area contributed by atoms with Crippen LogP contribution in [-0.2, 0) is 35.0 Å². The topological polar surface area (TPSA) is 167 Å². The van der Waals surface area contributed by atoms with E-state index in [9.17, 15) is 28.9 Å². The number of hydrogen-bond acceptors (Lipinski definition) is 10. The number of alkyl carbamates (subject to hydrolysis) is 1. The third-order valence-corrected chi connectivity index (χ3v) is 7.54. The number of carbonyl (C=O) groups excluding carboxylic acids is 3. The van der Waals surface area contributed by atoms with Gasteiger partial charge in [-0.2, -0.15) is 0 Å². The molecule has 0 spiro atoms. The number of aliphatic hydroxyl groups is 1. The summed E-state index contributed by atoms with van der Waals surface area (Å²) in [6.45, 7) is 1.28. The van der Waals surface area contributed by atoms with Crippen molar-refractivity contribution in [3.05, 3.63) is 58.6 Å². The Morgan fingerprint density at radius 1 is 1.10 bits per heavy atom. The fourth-order valence-electron chi connectivity index (χ4n) is 3.33. The highest BCUT2D eigenvalue weighted by Gasteiger charge is 2.34. The second-order valence-corrected chi connectivity index (χ2v) is 10.9. The Labute approximate surface area is 230 Å². The molecule has 0 fully saturated rings. The SMILES string of the molecule is CCOC(=O)COc1c(Cl)cc(C(O)P(=O)(O)CC[C@H](NC(=O)OCc2ccccc2)C(=O)OC)cc1OC. The lowest BCUT2D eigenvalue weighted by Gasteiger charge is -2.22. The number of benzene rings is 2. The number of ether oxygens (including phenoxy) is 5. The fraction of sp³-hybridized carbons (Fsp3) is 0.400. The quantitative estimate of drug-likeness (QED) is 0.168. The monoisotopic (exact) mass is 587 g/mol. The summed E-state index contributed by atoms with van der Waals surface area (Å²) in [5, 5.41) is 12.9. The largest absolute Gasteiger partial charge is 0.493 e. The van der Waals surface area contributed by atoms with Gasteiger partial charge in [0.2, 0.25) is 7.37 Å². The number of rotatable bonds is 14. The van der Waals surface area contributed by atoms with Crippen molar-refractivity contribution in [3.63, 3.8) is 0 Å². The molecule has 3 atom stereocenters. The van der Waals surface area contributed by atoms with Crippen molar-refractivity contribution in [1.82, 2.24) is 5.32 Å². The van der Waals surface area contributed by atoms with Crippen LogP contribution in [0, 0.1) is 0 Å². The molecule has 0 aromatic heterocycles. The lowest BCUT2D eigenvalue weighted by molar-refractivity contribution is -0.145. The molecular formula is C25H31ClNO11P. The predicted octanol–water partition coefficient (Wildman–Crippen LogP) is 3.41. The van der Waals surface area contributed by atoms with Crippen LogP contribution in [0.4, 0.5) is 4.79 Å². The van der Waals surface area contributed by atoms with Crippen LogP contribution < -0.4 is 14.8 Å². The first-order valence-corrected chi connectivity index (χ1v) is 14.0. The number of halogens is 1. The third-order valence-electron chi connectivity index (χ3n) is 5.30. The van der Waals surface area contributed by atoms with Gasteiger partial charge >= 0.3 is 18.0 Å². The van der Waals surface area contributed by atoms with Crippen molar-refractivity contribution in [3.8, 4) is 11.5 Å². The molecule has 2 aromatic rings. The summed E-state index contributed by atoms with van der Waals surface area (Å²) < 4.78 is 38.1. The molecule has 0 aliphatic carbocycles. The molecule has 214 valence electrons. The average molecular weight is 588 g/mol. The zero-order valence-corrected chi connectivity index (χ0v) is 23.3. The van der Waals surface area contributed by atoms with E-state index >= 15 is 0 Å². The van der Waals surface area contributed by atoms with Crippen LogP contribution in [-0.4, -0.2) is 67.7 Å². The van der Waals surface area contributed by atoms with Crippen LogP contribution in [0.1, 0.15) is 30.3 Å². The van der Waals surface area contributed by atoms with E-state index in [0.29, 0.717) is 0 Å². The number of hydrogen-bond donors (Lipinski definition) is 3. The molecule has 1 amide bonds. The molecule has 3 N–H and O–H groups in total. The maximum absolute atomic E-state index is 13.0. The number of amides is 1. The van der Waals surface area contributed by atoms with E-state index in [0.717, 1.165) is 12.7 Å². The van der Waals surface area contributed by atoms with Gasteiger partial charge in [0, 0.05) is 6.16 Å². The standard InChI is InChI=1S/C25H31ClNO11P/c1-4-36-21(28)15-37-22-18(26)12-17(13-20(22)34-2)24(30)39(32,33)11-10-19(23(29)35-3)27-25(31)38-14-16-8-6-5-7-9-16/h5-9,12-13,19,24,30H,4,10-11,14-15H2,1-3H3,(H,27,31)(H,32,33)/t19-,24?/m0/s1. The molecule has 0 heterocycles. The molecule has 0 saturated heterocycles. The average Bonchev–Trinajstić information content (AvgIpc) is 2.92. The summed E-state index contributed by atoms with van der Waals surface area (Å²) in [6, 6.07) is 9.94. The number of esters is 2. The van der Waals surface area contributed by atoms with Crippen LogP contribution in [0.2, 0.25) is 5.02 Å². The molecule has 2 rings (SSSR count). The van der Waals surface area contributed by atoms with Crippen molar-refractivity contribution >= 4 is 37.0 Å². The third kappa shape index (κ3) is 9.74. The Morgan fingerprint density at radius 2 is 1.79 bits per heavy atom. The Hall–Kier alpha value is -3.31. The predicted molar refractivity (Wildman–Crippen MR) is 140 cm³/mol. The van der Waals surface area contributed by atoms with Gasteiger partial charge in [-0.15, -0.1) is 0 Å². The van der Waals surface area contributed by atoms with Gasteiger partial charge in [-0.1, -0.05) is 41.9 Å². The van der Waals surface area contributed by atoms with Crippen LogP contribution >= 0.6 is 19.0 Å². The molecule has 0 saturated carbocycles. The minimum Gasteiger partial charge on any atom is -0.493 e. The maximum atomic E-state index is 13.0. The fourth-order valence-corrected chi connectivity index (χ4v) is 5.09. The van der Waals surface area contributed by atoms with Crippen molar-refractivity contribution in [2.75, 3.05) is 33.6 Å². The zero-order chi connectivity index (χ0) is 29.0. The second kappa shape index (κ2) is 15.3. The smallest absolute Gasteiger partial charge is 0.408 e. The van der Waals surface area contributed by atoms with E-state index in [1.807, 2.05) is 0 Å². The highest BCUT2D eigenvalue weighted by molar-refractivity contribution is 7.58. The van der Waals surface area contributed by atoms with Crippen LogP contribution in [0.5, 0.6) is 11.5 Å². The van der Waals surface area contributed by atoms with Gasteiger partial charge < -0.3 is 39.0 Å². The molecule has 14 heteroatoms. The summed E-state index contributed by atoms with van der Waals surface area (Å²) in [6.07, 6.45) is -1.85. The summed E-state index contributed by atoms with van der Waals surface area (Å²) in [5.74, 6) is -3.46. The van der Waals surface area contributed by atoms with Gasteiger partial charge in [-0.3, -0.25) is 4.57 Å². The van der Waals surface area contributed by atoms with E-state index in [2.05, 4.69) is 10.1 Å². The minimum absolute atomic E-state index is 0.00360. The molecule has 0 bridgehead atoms. The van der Waals surface area contributed by atoms with E-state index in [1.165, 1.54) is 19.2 Å². The van der Waals surface area contributed by atoms with Crippen molar-refractivity contribution < 1.29 is 52.6 Å². The lowest BCUT2D eigenvalue weighted by atomic mass is 10.2. The van der Waals surface area contributed by atoms with Crippen LogP contribution in [0.25, 0.3) is 0 Å². The van der Waals surface area contributed by atoms with Crippen LogP contribution in [0.15, 0.2) is 42.5 Å². The molecular weight excluding hydrogens is 557 g/mol. The molecule has 0 radical (unpaired) electrons. The van der Waals surface area contributed by atoms with E-state index in [1.54, 1.807) is 37.3 Å². The van der Waals surface area contributed by atoms with E-state index in [-0.39, 0.29) is 41.7 Å². The number of nitrogens with one attached hydrogen (secondary N) is 1. The van der Waals surface area contributed by atoms with Gasteiger partial charge in [0.05, 0.1) is 25.8 Å². The first-order chi connectivity index (χ1) is 18.5. The van der Waals surface area contributed by atoms with E-state index < -0.39 is 50.1 Å². The lowest BCUT2D eigenvalue weighted by Crippen LogP contribution is -2.42. The second-order valence-electron chi connectivity index (χ2n) is 8.05. The van der Waals surface area contributed by atoms with Gasteiger partial charge in [-0.25, -0.2) is 14.4 Å². The van der Waals surface area contributed by atoms with Gasteiger partial charge in [-0.05, 0) is 36.6 Å². The molecule has 12 nitrogen and oxygen atoms in total. The van der Waals surface area contributed by atoms with Gasteiger partial charge in [0.15, 0.2) is 24.0 Å². The highest BCUT2D eigenvalue weighted by Crippen LogP contribution is 2.56. The van der Waals surface area contributed by atoms with Gasteiger partial charge in [0.1, 0.15) is 12.6 Å². The number of aliphatic hydroxyl groups excluding tert-OH is 1. The number of methoxy groups -OCH3 is 2. The Balaban J connectivity index is 2.08. The molecule has 0 aliphatic rings. The molecule has 39 heavy (non-hydrogen) atoms. The summed E-state index contributed by atoms with van der Waals surface area (Å²) in [5.41, 5.74) is 0.646. The Bertz CT molecular complexity index is 1180. The van der Waals surface area contributed by atoms with Crippen molar-refractivity contribution in [2.45, 2.75) is 31.8 Å². The molecule has 2 unspecified atom stereocenters. The highest BCUT2D eigenvalue weighted by atomic mass is 35.5. The molecule has 0 aliphatic heterocycles. The first kappa shape index (κ1) is 31.9. The summed E-state index contributed by atoms with van der Waals surface area (Å²) >= 11 is 6.22. The number of carbonyl (C=O) groups is 3. The first-order valence-electron chi connectivity index (χ1n) is 11.7. The zero-order valence-electron chi connectivity index (χ0n) is 21.6. The van der Waals surface area contributed by atoms with Crippen molar-refractivity contribution in [2.24, 2.45) is 0 Å². The summed E-state index contributed by atoms with van der Waals surface area (Å²) in [7, 11) is -2.02. The van der Waals surface area contributed by atoms with Crippen molar-refractivity contribution in [1.29, 1.82) is 0 Å². The minimum atomic E-state index is -4.40. The van der Waals surface area contributed by atoms with Gasteiger partial charge in [0.25, 0.3) is 0 Å². The van der Waals surface area contributed by atoms with Crippen LogP contribution in [0.3, 0.4) is 0 Å². The summed E-state index contributed by atoms with van der Waals surface area (Å²) in [4.78, 5) is 46.6.